The number of carboxylic acid groups (broad SMARTS) is 1. The van der Waals surface area contributed by atoms with E-state index in [2.05, 4.69) is 5.92 Å². The van der Waals surface area contributed by atoms with Crippen molar-refractivity contribution in [3.63, 3.8) is 0 Å². The molecule has 0 aromatic heterocycles. The third-order valence-electron chi connectivity index (χ3n) is 0.877. The lowest BCUT2D eigenvalue weighted by molar-refractivity contribution is -0.130. The van der Waals surface area contributed by atoms with E-state index in [1.54, 1.807) is 6.92 Å². The quantitative estimate of drug-likeness (QED) is 0.556. The van der Waals surface area contributed by atoms with Crippen LogP contribution in [0.3, 0.4) is 0 Å². The van der Waals surface area contributed by atoms with Crippen LogP contribution in [-0.4, -0.2) is 11.1 Å². The Labute approximate surface area is 60.6 Å². The van der Waals surface area contributed by atoms with Gasteiger partial charge in [0.1, 0.15) is 0 Å². The van der Waals surface area contributed by atoms with Gasteiger partial charge in [-0.05, 0) is 18.9 Å². The first-order valence-corrected chi connectivity index (χ1v) is 3.08. The molecule has 0 aromatic rings. The average Bonchev–Trinajstić information content (AvgIpc) is 1.85. The number of carboxylic acids is 1. The van der Waals surface area contributed by atoms with E-state index in [9.17, 15) is 4.79 Å². The zero-order chi connectivity index (χ0) is 7.98. The van der Waals surface area contributed by atoms with E-state index in [0.717, 1.165) is 12.0 Å². The highest BCUT2D eigenvalue weighted by molar-refractivity contribution is 5.87. The smallest absolute Gasteiger partial charge is 0.382 e. The molecule has 0 amide bonds. The van der Waals surface area contributed by atoms with Crippen molar-refractivity contribution >= 4 is 5.97 Å². The standard InChI is InChI=1S/C8H10O2/c1-3-4-7(2)5-6-8(9)10/h4H,3H2,1-2H3,(H,9,10)/b7-4+. The van der Waals surface area contributed by atoms with Gasteiger partial charge in [-0.2, -0.15) is 0 Å². The van der Waals surface area contributed by atoms with E-state index in [-0.39, 0.29) is 0 Å². The summed E-state index contributed by atoms with van der Waals surface area (Å²) < 4.78 is 0. The fourth-order valence-corrected chi connectivity index (χ4v) is 0.509. The molecule has 0 aliphatic heterocycles. The van der Waals surface area contributed by atoms with Crippen molar-refractivity contribution in [3.05, 3.63) is 11.6 Å². The van der Waals surface area contributed by atoms with Gasteiger partial charge in [-0.25, -0.2) is 4.79 Å². The summed E-state index contributed by atoms with van der Waals surface area (Å²) in [5, 5.41) is 8.13. The second kappa shape index (κ2) is 4.63. The molecule has 2 heteroatoms. The van der Waals surface area contributed by atoms with Crippen molar-refractivity contribution < 1.29 is 9.90 Å². The van der Waals surface area contributed by atoms with Gasteiger partial charge in [0, 0.05) is 5.92 Å². The predicted molar refractivity (Wildman–Crippen MR) is 39.5 cm³/mol. The summed E-state index contributed by atoms with van der Waals surface area (Å²) in [4.78, 5) is 9.91. The number of rotatable bonds is 1. The first kappa shape index (κ1) is 8.77. The van der Waals surface area contributed by atoms with Crippen LogP contribution in [0.25, 0.3) is 0 Å². The molecule has 0 fully saturated rings. The zero-order valence-corrected chi connectivity index (χ0v) is 6.14. The average molecular weight is 138 g/mol. The summed E-state index contributed by atoms with van der Waals surface area (Å²) in [5.74, 6) is 3.44. The molecule has 0 radical (unpaired) electrons. The maximum Gasteiger partial charge on any atom is 0.382 e. The molecule has 0 heterocycles. The molecular weight excluding hydrogens is 128 g/mol. The molecule has 0 rings (SSSR count). The Bertz CT molecular complexity index is 203. The predicted octanol–water partition coefficient (Wildman–Crippen LogP) is 1.43. The van der Waals surface area contributed by atoms with Gasteiger partial charge >= 0.3 is 5.97 Å². The van der Waals surface area contributed by atoms with E-state index in [4.69, 9.17) is 5.11 Å². The molecule has 10 heavy (non-hydrogen) atoms. The lowest BCUT2D eigenvalue weighted by Gasteiger charge is -1.82. The maximum absolute atomic E-state index is 9.91. The topological polar surface area (TPSA) is 37.3 Å². The van der Waals surface area contributed by atoms with Gasteiger partial charge in [0.05, 0.1) is 0 Å². The van der Waals surface area contributed by atoms with E-state index in [0.29, 0.717) is 0 Å². The lowest BCUT2D eigenvalue weighted by atomic mass is 10.2. The first-order valence-electron chi connectivity index (χ1n) is 3.08. The molecule has 0 aromatic carbocycles. The minimum Gasteiger partial charge on any atom is -0.472 e. The van der Waals surface area contributed by atoms with E-state index >= 15 is 0 Å². The van der Waals surface area contributed by atoms with Gasteiger partial charge in [0.25, 0.3) is 0 Å². The van der Waals surface area contributed by atoms with Gasteiger partial charge in [-0.15, -0.1) is 0 Å². The summed E-state index contributed by atoms with van der Waals surface area (Å²) in [6, 6.07) is 0. The van der Waals surface area contributed by atoms with Crippen LogP contribution in [0.15, 0.2) is 11.6 Å². The fraction of sp³-hybridized carbons (Fsp3) is 0.375. The second-order valence-corrected chi connectivity index (χ2v) is 1.85. The molecule has 0 bridgehead atoms. The van der Waals surface area contributed by atoms with Gasteiger partial charge in [-0.3, -0.25) is 0 Å². The summed E-state index contributed by atoms with van der Waals surface area (Å²) in [6.45, 7) is 3.77. The van der Waals surface area contributed by atoms with Crippen LogP contribution in [0.5, 0.6) is 0 Å². The molecule has 1 N–H and O–H groups in total. The highest BCUT2D eigenvalue weighted by Crippen LogP contribution is 1.90. The third-order valence-corrected chi connectivity index (χ3v) is 0.877. The largest absolute Gasteiger partial charge is 0.472 e. The van der Waals surface area contributed by atoms with E-state index in [1.807, 2.05) is 18.9 Å². The highest BCUT2D eigenvalue weighted by atomic mass is 16.4. The Hall–Kier alpha value is -1.23. The third kappa shape index (κ3) is 4.92. The minimum absolute atomic E-state index is 0.810. The van der Waals surface area contributed by atoms with Gasteiger partial charge in [-0.1, -0.05) is 18.9 Å². The monoisotopic (exact) mass is 138 g/mol. The summed E-state index contributed by atoms with van der Waals surface area (Å²) >= 11 is 0. The zero-order valence-electron chi connectivity index (χ0n) is 6.14. The molecule has 0 saturated carbocycles. The van der Waals surface area contributed by atoms with Gasteiger partial charge < -0.3 is 5.11 Å². The van der Waals surface area contributed by atoms with Crippen molar-refractivity contribution in [2.75, 3.05) is 0 Å². The number of hydrogen-bond donors (Lipinski definition) is 1. The Morgan fingerprint density at radius 1 is 1.60 bits per heavy atom. The summed E-state index contributed by atoms with van der Waals surface area (Å²) in [6.07, 6.45) is 2.77. The Kier molecular flexibility index (Phi) is 4.06. The van der Waals surface area contributed by atoms with Crippen LogP contribution in [0.2, 0.25) is 0 Å². The molecule has 0 atom stereocenters. The molecule has 0 aliphatic carbocycles. The van der Waals surface area contributed by atoms with Crippen molar-refractivity contribution in [2.24, 2.45) is 0 Å². The molecule has 2 nitrogen and oxygen atoms in total. The Morgan fingerprint density at radius 3 is 2.60 bits per heavy atom. The van der Waals surface area contributed by atoms with Crippen LogP contribution < -0.4 is 0 Å². The van der Waals surface area contributed by atoms with Crippen LogP contribution in [0, 0.1) is 11.8 Å². The minimum atomic E-state index is -1.08. The molecule has 0 aliphatic rings. The normalized spacial score (nSPS) is 10.0. The number of aliphatic carboxylic acids is 1. The van der Waals surface area contributed by atoms with Crippen molar-refractivity contribution in [1.82, 2.24) is 0 Å². The number of allylic oxidation sites excluding steroid dienone is 2. The van der Waals surface area contributed by atoms with Crippen molar-refractivity contribution in [3.8, 4) is 11.8 Å². The Morgan fingerprint density at radius 2 is 2.20 bits per heavy atom. The van der Waals surface area contributed by atoms with Gasteiger partial charge in [0.15, 0.2) is 0 Å². The fourth-order valence-electron chi connectivity index (χ4n) is 0.509. The maximum atomic E-state index is 9.91. The second-order valence-electron chi connectivity index (χ2n) is 1.85. The van der Waals surface area contributed by atoms with Crippen molar-refractivity contribution in [1.29, 1.82) is 0 Å². The molecule has 54 valence electrons. The molecule has 0 saturated heterocycles. The number of hydrogen-bond acceptors (Lipinski definition) is 1. The van der Waals surface area contributed by atoms with Crippen LogP contribution in [0.1, 0.15) is 20.3 Å². The van der Waals surface area contributed by atoms with Crippen molar-refractivity contribution in [2.45, 2.75) is 20.3 Å². The van der Waals surface area contributed by atoms with Crippen LogP contribution in [0.4, 0.5) is 0 Å². The first-order chi connectivity index (χ1) is 4.66. The van der Waals surface area contributed by atoms with Crippen LogP contribution >= 0.6 is 0 Å². The molecule has 0 unspecified atom stereocenters. The summed E-state index contributed by atoms with van der Waals surface area (Å²) in [7, 11) is 0. The molecular formula is C8H10O2. The van der Waals surface area contributed by atoms with E-state index in [1.165, 1.54) is 0 Å². The van der Waals surface area contributed by atoms with E-state index < -0.39 is 5.97 Å². The Balaban J connectivity index is 4.04. The molecule has 0 spiro atoms. The van der Waals surface area contributed by atoms with Gasteiger partial charge in [0.2, 0.25) is 0 Å². The highest BCUT2D eigenvalue weighted by Gasteiger charge is 1.82. The SMILES string of the molecule is CC/C=C(\C)C#CC(=O)O. The van der Waals surface area contributed by atoms with Crippen LogP contribution in [-0.2, 0) is 4.79 Å². The number of carbonyl (C=O) groups is 1. The summed E-state index contributed by atoms with van der Waals surface area (Å²) in [5.41, 5.74) is 0.810. The lowest BCUT2D eigenvalue weighted by Crippen LogP contribution is -1.86.